The van der Waals surface area contributed by atoms with Crippen molar-refractivity contribution in [2.75, 3.05) is 11.9 Å². The van der Waals surface area contributed by atoms with Crippen LogP contribution in [0.2, 0.25) is 0 Å². The second-order valence-corrected chi connectivity index (χ2v) is 8.65. The van der Waals surface area contributed by atoms with Crippen molar-refractivity contribution in [1.29, 1.82) is 0 Å². The minimum Gasteiger partial charge on any atom is -0.344 e. The molecule has 0 aliphatic carbocycles. The van der Waals surface area contributed by atoms with Crippen molar-refractivity contribution in [2.24, 2.45) is 0 Å². The first-order valence-electron chi connectivity index (χ1n) is 11.4. The van der Waals surface area contributed by atoms with Gasteiger partial charge in [0.25, 0.3) is 5.91 Å². The summed E-state index contributed by atoms with van der Waals surface area (Å²) in [6.45, 7) is 1.47. The molecule has 3 N–H and O–H groups in total. The highest BCUT2D eigenvalue weighted by atomic mass is 19.1. The van der Waals surface area contributed by atoms with Crippen LogP contribution in [-0.4, -0.2) is 37.0 Å². The van der Waals surface area contributed by atoms with Crippen LogP contribution in [0.5, 0.6) is 0 Å². The smallest absolute Gasteiger partial charge is 0.264 e. The first kappa shape index (κ1) is 25.0. The maximum absolute atomic E-state index is 13.4. The fourth-order valence-electron chi connectivity index (χ4n) is 4.23. The predicted molar refractivity (Wildman–Crippen MR) is 131 cm³/mol. The second kappa shape index (κ2) is 10.7. The van der Waals surface area contributed by atoms with Crippen LogP contribution in [0.15, 0.2) is 72.8 Å². The van der Waals surface area contributed by atoms with Gasteiger partial charge in [0.05, 0.1) is 12.5 Å². The molecule has 7 nitrogen and oxygen atoms in total. The number of anilines is 1. The first-order valence-corrected chi connectivity index (χ1v) is 11.4. The number of halogens is 2. The van der Waals surface area contributed by atoms with E-state index in [1.54, 1.807) is 7.05 Å². The Morgan fingerprint density at radius 2 is 1.64 bits per heavy atom. The molecule has 1 unspecified atom stereocenters. The molecule has 1 aliphatic rings. The zero-order valence-corrected chi connectivity index (χ0v) is 19.8. The van der Waals surface area contributed by atoms with Crippen LogP contribution in [0, 0.1) is 11.6 Å². The van der Waals surface area contributed by atoms with Gasteiger partial charge in [0.15, 0.2) is 6.17 Å². The first-order chi connectivity index (χ1) is 17.2. The summed E-state index contributed by atoms with van der Waals surface area (Å²) in [5, 5.41) is 8.44. The number of rotatable bonds is 6. The molecule has 0 bridgehead atoms. The molecular formula is C27H26F2N4O3. The Bertz CT molecular complexity index is 1260. The minimum absolute atomic E-state index is 0.142. The number of carbonyl (C=O) groups excluding carboxylic acids is 3. The summed E-state index contributed by atoms with van der Waals surface area (Å²) in [5.74, 6) is -3.14. The molecule has 36 heavy (non-hydrogen) atoms. The monoisotopic (exact) mass is 492 g/mol. The summed E-state index contributed by atoms with van der Waals surface area (Å²) >= 11 is 0. The molecule has 0 aromatic heterocycles. The molecular weight excluding hydrogens is 466 g/mol. The van der Waals surface area contributed by atoms with Crippen LogP contribution < -0.4 is 20.9 Å². The van der Waals surface area contributed by atoms with Crippen molar-refractivity contribution in [3.05, 3.63) is 101 Å². The molecule has 0 fully saturated rings. The van der Waals surface area contributed by atoms with E-state index in [1.165, 1.54) is 11.8 Å². The number of benzene rings is 3. The number of hydrogen-bond donors (Lipinski definition) is 3. The lowest BCUT2D eigenvalue weighted by Gasteiger charge is -2.25. The SMILES string of the molecule is C[C@H](NC(=O)Cc1cc(F)cc(F)c1)C(=O)N[C@H]1NC(c2ccccc2)c2ccccc2N(C)C1=O. The van der Waals surface area contributed by atoms with Gasteiger partial charge >= 0.3 is 0 Å². The third-order valence-electron chi connectivity index (χ3n) is 6.00. The normalized spacial score (nSPS) is 18.1. The molecule has 1 heterocycles. The predicted octanol–water partition coefficient (Wildman–Crippen LogP) is 2.81. The van der Waals surface area contributed by atoms with Crippen molar-refractivity contribution in [2.45, 2.75) is 31.6 Å². The molecule has 0 saturated carbocycles. The van der Waals surface area contributed by atoms with Gasteiger partial charge in [-0.1, -0.05) is 48.5 Å². The van der Waals surface area contributed by atoms with Gasteiger partial charge in [-0.15, -0.1) is 0 Å². The van der Waals surface area contributed by atoms with Gasteiger partial charge in [0.1, 0.15) is 17.7 Å². The molecule has 0 radical (unpaired) electrons. The number of nitrogens with one attached hydrogen (secondary N) is 3. The Morgan fingerprint density at radius 1 is 1.00 bits per heavy atom. The third kappa shape index (κ3) is 5.58. The highest BCUT2D eigenvalue weighted by molar-refractivity contribution is 6.01. The fraction of sp³-hybridized carbons (Fsp3) is 0.222. The summed E-state index contributed by atoms with van der Waals surface area (Å²) in [6.07, 6.45) is -1.38. The molecule has 3 aromatic rings. The average Bonchev–Trinajstić information content (AvgIpc) is 2.94. The van der Waals surface area contributed by atoms with Gasteiger partial charge in [-0.3, -0.25) is 19.7 Å². The lowest BCUT2D eigenvalue weighted by atomic mass is 9.97. The molecule has 9 heteroatoms. The maximum Gasteiger partial charge on any atom is 0.264 e. The van der Waals surface area contributed by atoms with Crippen LogP contribution in [-0.2, 0) is 20.8 Å². The minimum atomic E-state index is -1.07. The number of nitrogens with zero attached hydrogens (tertiary/aromatic N) is 1. The largest absolute Gasteiger partial charge is 0.344 e. The van der Waals surface area contributed by atoms with Gasteiger partial charge in [0, 0.05) is 18.8 Å². The Kier molecular flexibility index (Phi) is 7.40. The summed E-state index contributed by atoms with van der Waals surface area (Å²) in [5.41, 5.74) is 2.64. The van der Waals surface area contributed by atoms with Gasteiger partial charge < -0.3 is 15.5 Å². The standard InChI is InChI=1S/C27H26F2N4O3/c1-16(30-23(34)14-17-12-19(28)15-20(29)13-17)26(35)32-25-27(36)33(2)22-11-7-6-10-21(22)24(31-25)18-8-4-3-5-9-18/h3-13,15-16,24-25,31H,14H2,1-2H3,(H,30,34)(H,32,35)/t16-,24?,25+/m0/s1. The highest BCUT2D eigenvalue weighted by Gasteiger charge is 2.35. The molecule has 3 aromatic carbocycles. The van der Waals surface area contributed by atoms with E-state index in [0.717, 1.165) is 23.3 Å². The lowest BCUT2D eigenvalue weighted by Crippen LogP contribution is -2.58. The maximum atomic E-state index is 13.4. The Labute approximate surface area is 207 Å². The van der Waals surface area contributed by atoms with E-state index in [1.807, 2.05) is 54.6 Å². The molecule has 0 spiro atoms. The highest BCUT2D eigenvalue weighted by Crippen LogP contribution is 2.33. The topological polar surface area (TPSA) is 90.5 Å². The number of para-hydroxylation sites is 1. The van der Waals surface area contributed by atoms with Crippen molar-refractivity contribution < 1.29 is 23.2 Å². The molecule has 0 saturated heterocycles. The average molecular weight is 493 g/mol. The van der Waals surface area contributed by atoms with Crippen LogP contribution in [0.25, 0.3) is 0 Å². The Balaban J connectivity index is 1.49. The fourth-order valence-corrected chi connectivity index (χ4v) is 4.23. The number of amides is 3. The van der Waals surface area contributed by atoms with Crippen LogP contribution in [0.1, 0.15) is 29.7 Å². The van der Waals surface area contributed by atoms with Crippen molar-refractivity contribution in [3.8, 4) is 0 Å². The number of likely N-dealkylation sites (N-methyl/N-ethyl adjacent to an activating group) is 1. The molecule has 186 valence electrons. The summed E-state index contributed by atoms with van der Waals surface area (Å²) in [7, 11) is 1.64. The molecule has 3 amide bonds. The van der Waals surface area contributed by atoms with Crippen molar-refractivity contribution in [3.63, 3.8) is 0 Å². The Morgan fingerprint density at radius 3 is 2.33 bits per heavy atom. The van der Waals surface area contributed by atoms with Gasteiger partial charge in [0.2, 0.25) is 11.8 Å². The van der Waals surface area contributed by atoms with E-state index in [2.05, 4.69) is 16.0 Å². The zero-order valence-electron chi connectivity index (χ0n) is 19.8. The summed E-state index contributed by atoms with van der Waals surface area (Å²) < 4.78 is 26.8. The van der Waals surface area contributed by atoms with Gasteiger partial charge in [-0.25, -0.2) is 8.78 Å². The third-order valence-corrected chi connectivity index (χ3v) is 6.00. The van der Waals surface area contributed by atoms with Gasteiger partial charge in [-0.2, -0.15) is 0 Å². The molecule has 3 atom stereocenters. The second-order valence-electron chi connectivity index (χ2n) is 8.65. The van der Waals surface area contributed by atoms with Crippen LogP contribution >= 0.6 is 0 Å². The van der Waals surface area contributed by atoms with E-state index >= 15 is 0 Å². The van der Waals surface area contributed by atoms with E-state index in [-0.39, 0.29) is 23.9 Å². The number of hydrogen-bond acceptors (Lipinski definition) is 4. The van der Waals surface area contributed by atoms with E-state index < -0.39 is 35.7 Å². The quantitative estimate of drug-likeness (QED) is 0.494. The summed E-state index contributed by atoms with van der Waals surface area (Å²) in [6, 6.07) is 18.5. The Hall–Kier alpha value is -4.11. The van der Waals surface area contributed by atoms with Crippen LogP contribution in [0.3, 0.4) is 0 Å². The van der Waals surface area contributed by atoms with Crippen molar-refractivity contribution >= 4 is 23.4 Å². The van der Waals surface area contributed by atoms with E-state index in [9.17, 15) is 23.2 Å². The lowest BCUT2D eigenvalue weighted by molar-refractivity contribution is -0.131. The van der Waals surface area contributed by atoms with E-state index in [0.29, 0.717) is 11.8 Å². The molecule has 4 rings (SSSR count). The number of fused-ring (bicyclic) bond motifs is 1. The van der Waals surface area contributed by atoms with Crippen LogP contribution in [0.4, 0.5) is 14.5 Å². The van der Waals surface area contributed by atoms with E-state index in [4.69, 9.17) is 0 Å². The number of carbonyl (C=O) groups is 3. The zero-order chi connectivity index (χ0) is 25.8. The molecule has 1 aliphatic heterocycles. The van der Waals surface area contributed by atoms with Gasteiger partial charge in [-0.05, 0) is 41.8 Å². The summed E-state index contributed by atoms with van der Waals surface area (Å²) in [4.78, 5) is 40.0. The van der Waals surface area contributed by atoms with Crippen molar-refractivity contribution in [1.82, 2.24) is 16.0 Å².